The molecule has 2 aromatic rings. The molecule has 2 atom stereocenters. The fourth-order valence-electron chi connectivity index (χ4n) is 2.59. The third-order valence-electron chi connectivity index (χ3n) is 3.74. The average molecular weight is 269 g/mol. The first-order valence-corrected chi connectivity index (χ1v) is 6.63. The fraction of sp³-hybridized carbons (Fsp3) is 0.250. The summed E-state index contributed by atoms with van der Waals surface area (Å²) < 4.78 is 0. The van der Waals surface area contributed by atoms with Gasteiger partial charge in [0.05, 0.1) is 0 Å². The lowest BCUT2D eigenvalue weighted by atomic mass is 10.0. The Kier molecular flexibility index (Phi) is 3.14. The van der Waals surface area contributed by atoms with Crippen LogP contribution in [0.3, 0.4) is 0 Å². The van der Waals surface area contributed by atoms with E-state index in [9.17, 15) is 9.59 Å². The number of rotatable bonds is 4. The molecule has 2 N–H and O–H groups in total. The highest BCUT2D eigenvalue weighted by molar-refractivity contribution is 5.87. The first-order chi connectivity index (χ1) is 9.65. The predicted molar refractivity (Wildman–Crippen MR) is 75.4 cm³/mol. The van der Waals surface area contributed by atoms with Crippen molar-refractivity contribution in [2.45, 2.75) is 12.3 Å². The van der Waals surface area contributed by atoms with Crippen LogP contribution in [0.25, 0.3) is 10.8 Å². The molecular formula is C16H15NO3. The Morgan fingerprint density at radius 1 is 1.15 bits per heavy atom. The standard InChI is InChI=1S/C16H15NO3/c18-15(19)9-17-16(20)14-8-13(14)12-6-5-10-3-1-2-4-11(10)7-12/h1-7,13-14H,8-9H2,(H,17,20)(H,18,19)/t13-,14+/m0/s1. The molecule has 1 fully saturated rings. The highest BCUT2D eigenvalue weighted by Gasteiger charge is 2.43. The molecule has 0 radical (unpaired) electrons. The molecule has 1 aliphatic carbocycles. The molecular weight excluding hydrogens is 254 g/mol. The molecule has 0 unspecified atom stereocenters. The maximum absolute atomic E-state index is 11.8. The van der Waals surface area contributed by atoms with Gasteiger partial charge in [0.25, 0.3) is 0 Å². The van der Waals surface area contributed by atoms with Gasteiger partial charge in [-0.3, -0.25) is 9.59 Å². The molecule has 0 saturated heterocycles. The Hall–Kier alpha value is -2.36. The van der Waals surface area contributed by atoms with Crippen molar-refractivity contribution < 1.29 is 14.7 Å². The number of amides is 1. The number of hydrogen-bond acceptors (Lipinski definition) is 2. The maximum Gasteiger partial charge on any atom is 0.322 e. The van der Waals surface area contributed by atoms with Gasteiger partial charge in [-0.15, -0.1) is 0 Å². The second-order valence-corrected chi connectivity index (χ2v) is 5.17. The molecule has 20 heavy (non-hydrogen) atoms. The lowest BCUT2D eigenvalue weighted by Crippen LogP contribution is -2.30. The third kappa shape index (κ3) is 2.50. The van der Waals surface area contributed by atoms with Gasteiger partial charge in [0.2, 0.25) is 5.91 Å². The number of fused-ring (bicyclic) bond motifs is 1. The van der Waals surface area contributed by atoms with E-state index in [1.54, 1.807) is 0 Å². The minimum atomic E-state index is -1.01. The van der Waals surface area contributed by atoms with Crippen LogP contribution in [0.5, 0.6) is 0 Å². The number of hydrogen-bond donors (Lipinski definition) is 2. The number of carbonyl (C=O) groups excluding carboxylic acids is 1. The molecule has 2 aromatic carbocycles. The van der Waals surface area contributed by atoms with E-state index in [-0.39, 0.29) is 24.3 Å². The molecule has 1 amide bonds. The summed E-state index contributed by atoms with van der Waals surface area (Å²) in [6.07, 6.45) is 0.795. The van der Waals surface area contributed by atoms with Crippen molar-refractivity contribution >= 4 is 22.6 Å². The lowest BCUT2D eigenvalue weighted by Gasteiger charge is -2.04. The smallest absolute Gasteiger partial charge is 0.322 e. The summed E-state index contributed by atoms with van der Waals surface area (Å²) in [5.41, 5.74) is 1.15. The quantitative estimate of drug-likeness (QED) is 0.893. The molecule has 102 valence electrons. The summed E-state index contributed by atoms with van der Waals surface area (Å²) in [5.74, 6) is -1.05. The van der Waals surface area contributed by atoms with Crippen LogP contribution in [-0.2, 0) is 9.59 Å². The summed E-state index contributed by atoms with van der Waals surface area (Å²) >= 11 is 0. The van der Waals surface area contributed by atoms with Crippen molar-refractivity contribution in [2.75, 3.05) is 6.54 Å². The van der Waals surface area contributed by atoms with E-state index >= 15 is 0 Å². The summed E-state index contributed by atoms with van der Waals surface area (Å²) in [6, 6.07) is 14.3. The van der Waals surface area contributed by atoms with Crippen LogP contribution in [-0.4, -0.2) is 23.5 Å². The SMILES string of the molecule is O=C(O)CNC(=O)[C@@H]1C[C@H]1c1ccc2ccccc2c1. The van der Waals surface area contributed by atoms with E-state index in [2.05, 4.69) is 35.6 Å². The van der Waals surface area contributed by atoms with Gasteiger partial charge in [-0.1, -0.05) is 42.5 Å². The number of carbonyl (C=O) groups is 2. The van der Waals surface area contributed by atoms with Gasteiger partial charge < -0.3 is 10.4 Å². The van der Waals surface area contributed by atoms with Crippen molar-refractivity contribution in [2.24, 2.45) is 5.92 Å². The van der Waals surface area contributed by atoms with Gasteiger partial charge in [0.1, 0.15) is 6.54 Å². The molecule has 0 heterocycles. The average Bonchev–Trinajstić information content (AvgIpc) is 3.24. The monoisotopic (exact) mass is 269 g/mol. The fourth-order valence-corrected chi connectivity index (χ4v) is 2.59. The summed E-state index contributed by atoms with van der Waals surface area (Å²) in [6.45, 7) is -0.306. The normalized spacial score (nSPS) is 20.6. The van der Waals surface area contributed by atoms with Gasteiger partial charge in [0.15, 0.2) is 0 Å². The number of carboxylic acid groups (broad SMARTS) is 1. The van der Waals surface area contributed by atoms with Crippen LogP contribution >= 0.6 is 0 Å². The molecule has 0 bridgehead atoms. The van der Waals surface area contributed by atoms with E-state index in [1.807, 2.05) is 12.1 Å². The molecule has 1 saturated carbocycles. The minimum Gasteiger partial charge on any atom is -0.480 e. The van der Waals surface area contributed by atoms with Crippen LogP contribution in [0.2, 0.25) is 0 Å². The largest absolute Gasteiger partial charge is 0.480 e. The highest BCUT2D eigenvalue weighted by atomic mass is 16.4. The number of carboxylic acids is 1. The summed E-state index contributed by atoms with van der Waals surface area (Å²) in [5, 5.41) is 13.3. The van der Waals surface area contributed by atoms with E-state index in [0.717, 1.165) is 12.0 Å². The highest BCUT2D eigenvalue weighted by Crippen LogP contribution is 2.48. The number of benzene rings is 2. The van der Waals surface area contributed by atoms with Crippen LogP contribution in [0.15, 0.2) is 42.5 Å². The zero-order chi connectivity index (χ0) is 14.1. The lowest BCUT2D eigenvalue weighted by molar-refractivity contribution is -0.138. The molecule has 4 nitrogen and oxygen atoms in total. The van der Waals surface area contributed by atoms with E-state index in [4.69, 9.17) is 5.11 Å². The van der Waals surface area contributed by atoms with Gasteiger partial charge in [0, 0.05) is 5.92 Å². The molecule has 1 aliphatic rings. The molecule has 0 spiro atoms. The van der Waals surface area contributed by atoms with E-state index in [0.29, 0.717) is 0 Å². The van der Waals surface area contributed by atoms with Crippen molar-refractivity contribution in [1.82, 2.24) is 5.32 Å². The molecule has 4 heteroatoms. The second kappa shape index (κ2) is 4.96. The zero-order valence-electron chi connectivity index (χ0n) is 10.9. The number of aliphatic carboxylic acids is 1. The van der Waals surface area contributed by atoms with Crippen LogP contribution < -0.4 is 5.32 Å². The summed E-state index contributed by atoms with van der Waals surface area (Å²) in [7, 11) is 0. The predicted octanol–water partition coefficient (Wildman–Crippen LogP) is 2.14. The zero-order valence-corrected chi connectivity index (χ0v) is 10.9. The third-order valence-corrected chi connectivity index (χ3v) is 3.74. The van der Waals surface area contributed by atoms with Gasteiger partial charge in [-0.2, -0.15) is 0 Å². The van der Waals surface area contributed by atoms with E-state index < -0.39 is 5.97 Å². The topological polar surface area (TPSA) is 66.4 Å². The molecule has 3 rings (SSSR count). The second-order valence-electron chi connectivity index (χ2n) is 5.17. The van der Waals surface area contributed by atoms with Crippen molar-refractivity contribution in [3.63, 3.8) is 0 Å². The van der Waals surface area contributed by atoms with Crippen LogP contribution in [0, 0.1) is 5.92 Å². The Balaban J connectivity index is 1.71. The maximum atomic E-state index is 11.8. The van der Waals surface area contributed by atoms with Gasteiger partial charge >= 0.3 is 5.97 Å². The van der Waals surface area contributed by atoms with E-state index in [1.165, 1.54) is 10.8 Å². The van der Waals surface area contributed by atoms with Crippen molar-refractivity contribution in [1.29, 1.82) is 0 Å². The Bertz CT molecular complexity index is 680. The molecule has 0 aromatic heterocycles. The summed E-state index contributed by atoms with van der Waals surface area (Å²) in [4.78, 5) is 22.2. The first kappa shape index (κ1) is 12.7. The number of nitrogens with one attached hydrogen (secondary N) is 1. The Morgan fingerprint density at radius 2 is 1.90 bits per heavy atom. The molecule has 0 aliphatic heterocycles. The van der Waals surface area contributed by atoms with Crippen molar-refractivity contribution in [3.8, 4) is 0 Å². The van der Waals surface area contributed by atoms with Gasteiger partial charge in [-0.25, -0.2) is 0 Å². The first-order valence-electron chi connectivity index (χ1n) is 6.63. The van der Waals surface area contributed by atoms with Crippen LogP contribution in [0.1, 0.15) is 17.9 Å². The Morgan fingerprint density at radius 3 is 2.65 bits per heavy atom. The Labute approximate surface area is 116 Å². The van der Waals surface area contributed by atoms with Crippen LogP contribution in [0.4, 0.5) is 0 Å². The van der Waals surface area contributed by atoms with Crippen molar-refractivity contribution in [3.05, 3.63) is 48.0 Å². The van der Waals surface area contributed by atoms with Gasteiger partial charge in [-0.05, 0) is 28.7 Å². The minimum absolute atomic E-state index is 0.0875.